The van der Waals surface area contributed by atoms with Crippen LogP contribution in [0, 0.1) is 0 Å². The molecule has 0 aromatic heterocycles. The second-order valence-corrected chi connectivity index (χ2v) is 5.95. The Morgan fingerprint density at radius 2 is 2.10 bits per heavy atom. The number of ether oxygens (including phenoxy) is 1. The van der Waals surface area contributed by atoms with Crippen LogP contribution in [-0.2, 0) is 16.1 Å². The van der Waals surface area contributed by atoms with Crippen LogP contribution in [0.2, 0.25) is 0 Å². The molecule has 1 fully saturated rings. The molecule has 1 saturated heterocycles. The first-order chi connectivity index (χ1) is 10.2. The quantitative estimate of drug-likeness (QED) is 0.860. The summed E-state index contributed by atoms with van der Waals surface area (Å²) >= 11 is 0. The Morgan fingerprint density at radius 3 is 2.86 bits per heavy atom. The van der Waals surface area contributed by atoms with E-state index < -0.39 is 0 Å². The van der Waals surface area contributed by atoms with Crippen molar-refractivity contribution < 1.29 is 9.53 Å². The van der Waals surface area contributed by atoms with Crippen LogP contribution in [0.25, 0.3) is 0 Å². The van der Waals surface area contributed by atoms with E-state index in [4.69, 9.17) is 10.5 Å². The molecule has 3 N–H and O–H groups in total. The summed E-state index contributed by atoms with van der Waals surface area (Å²) in [6.45, 7) is 3.68. The molecule has 5 heteroatoms. The third kappa shape index (κ3) is 3.61. The van der Waals surface area contributed by atoms with Gasteiger partial charge in [0.25, 0.3) is 0 Å². The fourth-order valence-corrected chi connectivity index (χ4v) is 3.28. The van der Waals surface area contributed by atoms with E-state index in [0.717, 1.165) is 32.5 Å². The van der Waals surface area contributed by atoms with Gasteiger partial charge in [0, 0.05) is 19.1 Å². The number of likely N-dealkylation sites (tertiary alicyclic amines) is 1. The topological polar surface area (TPSA) is 67.6 Å². The van der Waals surface area contributed by atoms with Crippen LogP contribution in [0.4, 0.5) is 0 Å². The Morgan fingerprint density at radius 1 is 1.33 bits per heavy atom. The first-order valence-electron chi connectivity index (χ1n) is 7.64. The number of nitrogens with zero attached hydrogens (tertiary/aromatic N) is 1. The summed E-state index contributed by atoms with van der Waals surface area (Å²) in [6.07, 6.45) is 2.10. The maximum Gasteiger partial charge on any atom is 0.231 e. The van der Waals surface area contributed by atoms with E-state index in [2.05, 4.69) is 34.5 Å². The number of nitrogens with two attached hydrogens (primary N) is 1. The van der Waals surface area contributed by atoms with Crippen molar-refractivity contribution in [1.29, 1.82) is 0 Å². The molecule has 1 aromatic carbocycles. The first kappa shape index (κ1) is 14.5. The maximum absolute atomic E-state index is 11.0. The van der Waals surface area contributed by atoms with Crippen molar-refractivity contribution in [3.8, 4) is 0 Å². The van der Waals surface area contributed by atoms with Crippen molar-refractivity contribution in [1.82, 2.24) is 10.2 Å². The highest BCUT2D eigenvalue weighted by Gasteiger charge is 2.26. The number of primary amides is 1. The Kier molecular flexibility index (Phi) is 4.53. The lowest BCUT2D eigenvalue weighted by molar-refractivity contribution is -0.119. The third-order valence-corrected chi connectivity index (χ3v) is 4.38. The lowest BCUT2D eigenvalue weighted by atomic mass is 9.96. The summed E-state index contributed by atoms with van der Waals surface area (Å²) in [5, 5.41) is 3.72. The molecule has 0 bridgehead atoms. The first-order valence-corrected chi connectivity index (χ1v) is 7.64. The zero-order chi connectivity index (χ0) is 14.7. The number of carbonyl (C=O) groups is 1. The highest BCUT2D eigenvalue weighted by Crippen LogP contribution is 2.26. The normalized spacial score (nSPS) is 23.7. The Bertz CT molecular complexity index is 498. The average Bonchev–Trinajstić information content (AvgIpc) is 2.49. The average molecular weight is 289 g/mol. The summed E-state index contributed by atoms with van der Waals surface area (Å²) in [5.41, 5.74) is 7.90. The molecule has 114 valence electrons. The highest BCUT2D eigenvalue weighted by molar-refractivity contribution is 5.75. The van der Waals surface area contributed by atoms with Crippen molar-refractivity contribution in [3.63, 3.8) is 0 Å². The third-order valence-electron chi connectivity index (χ3n) is 4.38. The van der Waals surface area contributed by atoms with Gasteiger partial charge in [-0.05, 0) is 24.0 Å². The van der Waals surface area contributed by atoms with E-state index in [0.29, 0.717) is 19.2 Å². The summed E-state index contributed by atoms with van der Waals surface area (Å²) in [4.78, 5) is 13.1. The van der Waals surface area contributed by atoms with Gasteiger partial charge in [-0.1, -0.05) is 24.3 Å². The van der Waals surface area contributed by atoms with Gasteiger partial charge in [0.05, 0.1) is 25.8 Å². The van der Waals surface area contributed by atoms with Crippen LogP contribution in [-0.4, -0.2) is 43.1 Å². The minimum atomic E-state index is -0.240. The molecule has 2 aliphatic rings. The van der Waals surface area contributed by atoms with Gasteiger partial charge in [-0.15, -0.1) is 0 Å². The SMILES string of the molecule is NC(=O)CN1CCC(NC2COCc3ccccc32)CC1. The van der Waals surface area contributed by atoms with Gasteiger partial charge in [-0.3, -0.25) is 9.69 Å². The molecule has 1 aromatic rings. The van der Waals surface area contributed by atoms with Gasteiger partial charge in [0.2, 0.25) is 5.91 Å². The molecule has 1 atom stereocenters. The summed E-state index contributed by atoms with van der Waals surface area (Å²) in [5.74, 6) is -0.240. The molecular formula is C16H23N3O2. The molecule has 5 nitrogen and oxygen atoms in total. The Hall–Kier alpha value is -1.43. The number of fused-ring (bicyclic) bond motifs is 1. The Balaban J connectivity index is 1.56. The number of hydrogen-bond donors (Lipinski definition) is 2. The molecule has 1 unspecified atom stereocenters. The largest absolute Gasteiger partial charge is 0.375 e. The lowest BCUT2D eigenvalue weighted by Crippen LogP contribution is -2.47. The zero-order valence-corrected chi connectivity index (χ0v) is 12.3. The molecule has 0 saturated carbocycles. The molecule has 1 amide bonds. The van der Waals surface area contributed by atoms with E-state index in [9.17, 15) is 4.79 Å². The van der Waals surface area contributed by atoms with Gasteiger partial charge in [0.1, 0.15) is 0 Å². The van der Waals surface area contributed by atoms with Crippen LogP contribution in [0.15, 0.2) is 24.3 Å². The maximum atomic E-state index is 11.0. The number of hydrogen-bond acceptors (Lipinski definition) is 4. The fourth-order valence-electron chi connectivity index (χ4n) is 3.28. The smallest absolute Gasteiger partial charge is 0.231 e. The van der Waals surface area contributed by atoms with Crippen LogP contribution in [0.1, 0.15) is 30.0 Å². The molecule has 21 heavy (non-hydrogen) atoms. The standard InChI is InChI=1S/C16H23N3O2/c17-16(20)9-19-7-5-13(6-8-19)18-15-11-21-10-12-3-1-2-4-14(12)15/h1-4,13,15,18H,5-11H2,(H2,17,20). The van der Waals surface area contributed by atoms with Crippen LogP contribution in [0.5, 0.6) is 0 Å². The number of piperidine rings is 1. The molecule has 2 aliphatic heterocycles. The number of amides is 1. The lowest BCUT2D eigenvalue weighted by Gasteiger charge is -2.35. The minimum Gasteiger partial charge on any atom is -0.375 e. The van der Waals surface area contributed by atoms with Gasteiger partial charge in [-0.2, -0.15) is 0 Å². The molecular weight excluding hydrogens is 266 g/mol. The van der Waals surface area contributed by atoms with E-state index in [1.54, 1.807) is 0 Å². The predicted molar refractivity (Wildman–Crippen MR) is 80.6 cm³/mol. The highest BCUT2D eigenvalue weighted by atomic mass is 16.5. The second-order valence-electron chi connectivity index (χ2n) is 5.95. The fraction of sp³-hybridized carbons (Fsp3) is 0.562. The second kappa shape index (κ2) is 6.56. The van der Waals surface area contributed by atoms with Gasteiger partial charge in [0.15, 0.2) is 0 Å². The molecule has 2 heterocycles. The molecule has 0 radical (unpaired) electrons. The van der Waals surface area contributed by atoms with Crippen molar-refractivity contribution >= 4 is 5.91 Å². The van der Waals surface area contributed by atoms with Crippen LogP contribution >= 0.6 is 0 Å². The van der Waals surface area contributed by atoms with Gasteiger partial charge < -0.3 is 15.8 Å². The van der Waals surface area contributed by atoms with Crippen molar-refractivity contribution in [3.05, 3.63) is 35.4 Å². The summed E-state index contributed by atoms with van der Waals surface area (Å²) in [7, 11) is 0. The van der Waals surface area contributed by atoms with E-state index in [1.807, 2.05) is 0 Å². The van der Waals surface area contributed by atoms with Crippen LogP contribution < -0.4 is 11.1 Å². The Labute approximate surface area is 125 Å². The monoisotopic (exact) mass is 289 g/mol. The molecule has 3 rings (SSSR count). The molecule has 0 spiro atoms. The number of benzene rings is 1. The molecule has 0 aliphatic carbocycles. The van der Waals surface area contributed by atoms with Crippen molar-refractivity contribution in [2.24, 2.45) is 5.73 Å². The summed E-state index contributed by atoms with van der Waals surface area (Å²) < 4.78 is 5.69. The van der Waals surface area contributed by atoms with E-state index in [1.165, 1.54) is 11.1 Å². The number of rotatable bonds is 4. The van der Waals surface area contributed by atoms with Crippen LogP contribution in [0.3, 0.4) is 0 Å². The van der Waals surface area contributed by atoms with Crippen molar-refractivity contribution in [2.75, 3.05) is 26.2 Å². The number of carbonyl (C=O) groups excluding carboxylic acids is 1. The predicted octanol–water partition coefficient (Wildman–Crippen LogP) is 0.797. The van der Waals surface area contributed by atoms with Gasteiger partial charge >= 0.3 is 0 Å². The number of nitrogens with one attached hydrogen (secondary N) is 1. The zero-order valence-electron chi connectivity index (χ0n) is 12.3. The minimum absolute atomic E-state index is 0.240. The van der Waals surface area contributed by atoms with E-state index >= 15 is 0 Å². The van der Waals surface area contributed by atoms with Crippen molar-refractivity contribution in [2.45, 2.75) is 31.5 Å². The van der Waals surface area contributed by atoms with Gasteiger partial charge in [-0.25, -0.2) is 0 Å². The summed E-state index contributed by atoms with van der Waals surface area (Å²) in [6, 6.07) is 9.24. The van der Waals surface area contributed by atoms with E-state index in [-0.39, 0.29) is 11.9 Å².